The molecule has 2 fully saturated rings. The maximum absolute atomic E-state index is 12.9. The van der Waals surface area contributed by atoms with E-state index in [0.29, 0.717) is 37.4 Å². The third-order valence-corrected chi connectivity index (χ3v) is 9.84. The summed E-state index contributed by atoms with van der Waals surface area (Å²) in [6.45, 7) is 11.9. The van der Waals surface area contributed by atoms with Gasteiger partial charge in [-0.2, -0.15) is 0 Å². The molecule has 0 unspecified atom stereocenters. The van der Waals surface area contributed by atoms with Crippen molar-refractivity contribution in [3.8, 4) is 11.5 Å². The van der Waals surface area contributed by atoms with E-state index >= 15 is 0 Å². The molecular weight excluding hydrogens is 498 g/mol. The topological polar surface area (TPSA) is 83.3 Å². The van der Waals surface area contributed by atoms with Crippen LogP contribution in [0, 0.1) is 30.2 Å². The quantitative estimate of drug-likeness (QED) is 0.182. The molecular formula is C27H31NO6S2. The molecule has 1 heterocycles. The van der Waals surface area contributed by atoms with E-state index in [1.165, 1.54) is 7.11 Å². The smallest absolute Gasteiger partial charge is 0.337 e. The highest BCUT2D eigenvalue weighted by Gasteiger charge is 2.34. The molecule has 0 aromatic heterocycles. The van der Waals surface area contributed by atoms with Gasteiger partial charge in [-0.1, -0.05) is 37.4 Å². The van der Waals surface area contributed by atoms with Gasteiger partial charge in [-0.3, -0.25) is 14.4 Å². The zero-order valence-corrected chi connectivity index (χ0v) is 22.5. The molecule has 3 aliphatic rings. The molecule has 1 aromatic rings. The highest BCUT2D eigenvalue weighted by molar-refractivity contribution is 8.24. The minimum absolute atomic E-state index is 0.147. The van der Waals surface area contributed by atoms with Gasteiger partial charge in [0.05, 0.1) is 39.5 Å². The Labute approximate surface area is 220 Å². The summed E-state index contributed by atoms with van der Waals surface area (Å²) in [5, 5.41) is 0. The number of carbonyl (C=O) groups excluding carboxylic acids is 3. The van der Waals surface area contributed by atoms with Crippen LogP contribution >= 0.6 is 23.5 Å². The number of carbonyl (C=O) groups is 3. The minimum atomic E-state index is -0.738. The number of benzene rings is 1. The van der Waals surface area contributed by atoms with E-state index in [-0.39, 0.29) is 29.5 Å². The molecule has 0 atom stereocenters. The van der Waals surface area contributed by atoms with E-state index < -0.39 is 5.97 Å². The molecule has 2 saturated carbocycles. The van der Waals surface area contributed by atoms with Gasteiger partial charge in [-0.25, -0.2) is 4.85 Å². The molecule has 9 heteroatoms. The third kappa shape index (κ3) is 5.92. The van der Waals surface area contributed by atoms with Crippen LogP contribution in [0.5, 0.6) is 11.5 Å². The molecule has 0 saturated heterocycles. The van der Waals surface area contributed by atoms with Crippen LogP contribution in [0.2, 0.25) is 0 Å². The number of esters is 3. The zero-order chi connectivity index (χ0) is 25.8. The van der Waals surface area contributed by atoms with Crippen LogP contribution < -0.4 is 9.47 Å². The lowest BCUT2D eigenvalue weighted by Crippen LogP contribution is -2.25. The van der Waals surface area contributed by atoms with E-state index in [4.69, 9.17) is 20.8 Å². The molecule has 192 valence electrons. The second-order valence-electron chi connectivity index (χ2n) is 9.92. The molecule has 2 aliphatic carbocycles. The van der Waals surface area contributed by atoms with Gasteiger partial charge in [-0.05, 0) is 75.3 Å². The Hall–Kier alpha value is -2.44. The first-order chi connectivity index (χ1) is 17.3. The predicted molar refractivity (Wildman–Crippen MR) is 137 cm³/mol. The summed E-state index contributed by atoms with van der Waals surface area (Å²) < 4.78 is 16.9. The highest BCUT2D eigenvalue weighted by Crippen LogP contribution is 2.59. The van der Waals surface area contributed by atoms with Gasteiger partial charge >= 0.3 is 17.9 Å². The van der Waals surface area contributed by atoms with Crippen LogP contribution in [-0.2, 0) is 19.1 Å². The maximum Gasteiger partial charge on any atom is 0.337 e. The first-order valence-electron chi connectivity index (χ1n) is 12.5. The summed E-state index contributed by atoms with van der Waals surface area (Å²) in [4.78, 5) is 42.6. The van der Waals surface area contributed by atoms with Crippen LogP contribution in [0.1, 0.15) is 65.2 Å². The Morgan fingerprint density at radius 1 is 0.806 bits per heavy atom. The van der Waals surface area contributed by atoms with Crippen molar-refractivity contribution >= 4 is 41.4 Å². The van der Waals surface area contributed by atoms with Crippen molar-refractivity contribution in [2.45, 2.75) is 75.0 Å². The molecule has 36 heavy (non-hydrogen) atoms. The van der Waals surface area contributed by atoms with Gasteiger partial charge in [-0.15, -0.1) is 0 Å². The molecule has 0 radical (unpaired) electrons. The molecule has 0 amide bonds. The van der Waals surface area contributed by atoms with Crippen molar-refractivity contribution in [3.63, 3.8) is 0 Å². The Morgan fingerprint density at radius 2 is 1.22 bits per heavy atom. The highest BCUT2D eigenvalue weighted by atomic mass is 32.2. The monoisotopic (exact) mass is 529 g/mol. The Kier molecular flexibility index (Phi) is 8.68. The molecule has 0 bridgehead atoms. The molecule has 4 rings (SSSR count). The molecule has 7 nitrogen and oxygen atoms in total. The number of hydrogen-bond donors (Lipinski definition) is 0. The number of thioether (sulfide) groups is 2. The van der Waals surface area contributed by atoms with E-state index in [1.54, 1.807) is 12.1 Å². The molecule has 1 aliphatic heterocycles. The van der Waals surface area contributed by atoms with Gasteiger partial charge in [0.2, 0.25) is 0 Å². The van der Waals surface area contributed by atoms with Crippen molar-refractivity contribution in [3.05, 3.63) is 33.5 Å². The summed E-state index contributed by atoms with van der Waals surface area (Å²) >= 11 is 2.33. The lowest BCUT2D eigenvalue weighted by molar-refractivity contribution is -0.141. The van der Waals surface area contributed by atoms with Crippen molar-refractivity contribution in [2.75, 3.05) is 7.11 Å². The first kappa shape index (κ1) is 26.6. The van der Waals surface area contributed by atoms with Gasteiger partial charge in [0.1, 0.15) is 11.5 Å². The Balaban J connectivity index is 1.61. The summed E-state index contributed by atoms with van der Waals surface area (Å²) in [7, 11) is 1.22. The largest absolute Gasteiger partial charge is 0.474 e. The van der Waals surface area contributed by atoms with E-state index in [1.807, 2.05) is 0 Å². The standard InChI is InChI=1S/C27H31NO6S2/c1-15-5-9-17(10-6-15)24(29)33-19-13-14-20(34-25(30)18-11-7-16(2)8-12-18)23-22(19)35-27(36-23)21(28-3)26(31)32-4/h13-18H,5-12H2,1-2,4H3. The fraction of sp³-hybridized carbons (Fsp3) is 0.556. The van der Waals surface area contributed by atoms with Crippen LogP contribution in [0.15, 0.2) is 31.9 Å². The molecule has 0 spiro atoms. The Bertz CT molecular complexity index is 1040. The van der Waals surface area contributed by atoms with Crippen molar-refractivity contribution in [1.82, 2.24) is 0 Å². The van der Waals surface area contributed by atoms with Gasteiger partial charge in [0.25, 0.3) is 5.70 Å². The van der Waals surface area contributed by atoms with Crippen LogP contribution in [0.4, 0.5) is 0 Å². The van der Waals surface area contributed by atoms with Crippen LogP contribution in [0.3, 0.4) is 0 Å². The second-order valence-corrected chi connectivity index (χ2v) is 12.2. The van der Waals surface area contributed by atoms with Gasteiger partial charge in [0.15, 0.2) is 0 Å². The van der Waals surface area contributed by atoms with E-state index in [9.17, 15) is 14.4 Å². The summed E-state index contributed by atoms with van der Waals surface area (Å²) in [5.74, 6) is 0.352. The first-order valence-corrected chi connectivity index (χ1v) is 14.1. The summed E-state index contributed by atoms with van der Waals surface area (Å²) in [5.41, 5.74) is -0.152. The fourth-order valence-electron chi connectivity index (χ4n) is 4.83. The summed E-state index contributed by atoms with van der Waals surface area (Å²) in [6.07, 6.45) is 7.19. The third-order valence-electron chi connectivity index (χ3n) is 7.23. The Morgan fingerprint density at radius 3 is 1.58 bits per heavy atom. The van der Waals surface area contributed by atoms with E-state index in [0.717, 1.165) is 74.9 Å². The van der Waals surface area contributed by atoms with Crippen molar-refractivity contribution in [1.29, 1.82) is 0 Å². The number of methoxy groups -OCH3 is 1. The fourth-order valence-corrected chi connectivity index (χ4v) is 7.38. The van der Waals surface area contributed by atoms with Crippen LogP contribution in [0.25, 0.3) is 4.85 Å². The van der Waals surface area contributed by atoms with Gasteiger partial charge < -0.3 is 14.2 Å². The lowest BCUT2D eigenvalue weighted by atomic mass is 9.83. The second kappa shape index (κ2) is 11.7. The zero-order valence-electron chi connectivity index (χ0n) is 20.8. The minimum Gasteiger partial charge on any atom is -0.474 e. The normalized spacial score (nSPS) is 25.3. The van der Waals surface area contributed by atoms with E-state index in [2.05, 4.69) is 18.7 Å². The van der Waals surface area contributed by atoms with Crippen LogP contribution in [-0.4, -0.2) is 25.0 Å². The molecule has 0 N–H and O–H groups in total. The molecule has 1 aromatic carbocycles. The van der Waals surface area contributed by atoms with Crippen molar-refractivity contribution in [2.24, 2.45) is 23.7 Å². The van der Waals surface area contributed by atoms with Crippen molar-refractivity contribution < 1.29 is 28.6 Å². The lowest BCUT2D eigenvalue weighted by Gasteiger charge is -2.25. The number of hydrogen-bond acceptors (Lipinski definition) is 8. The number of rotatable bonds is 5. The predicted octanol–water partition coefficient (Wildman–Crippen LogP) is 6.61. The number of fused-ring (bicyclic) bond motifs is 1. The number of nitrogens with zero attached hydrogens (tertiary/aromatic N) is 1. The SMILES string of the molecule is [C-]#[N+]C(C(=O)OC)=C1Sc2c(OC(=O)C3CCC(C)CC3)ccc(OC(=O)C3CCC(C)CC3)c2S1. The average molecular weight is 530 g/mol. The number of ether oxygens (including phenoxy) is 3. The van der Waals surface area contributed by atoms with Gasteiger partial charge in [0, 0.05) is 0 Å². The average Bonchev–Trinajstić information content (AvgIpc) is 3.32. The summed E-state index contributed by atoms with van der Waals surface area (Å²) in [6, 6.07) is 3.28. The maximum atomic E-state index is 12.9.